The maximum absolute atomic E-state index is 6.30. The van der Waals surface area contributed by atoms with E-state index < -0.39 is 0 Å². The van der Waals surface area contributed by atoms with Crippen molar-refractivity contribution in [3.05, 3.63) is 71.4 Å². The number of benzene rings is 2. The number of hydrogen-bond acceptors (Lipinski definition) is 3. The Balaban J connectivity index is 1.69. The minimum atomic E-state index is 0.583. The van der Waals surface area contributed by atoms with E-state index in [4.69, 9.17) is 9.72 Å². The van der Waals surface area contributed by atoms with Gasteiger partial charge in [-0.15, -0.1) is 0 Å². The molecule has 0 saturated carbocycles. The van der Waals surface area contributed by atoms with E-state index in [1.165, 1.54) is 49.0 Å². The summed E-state index contributed by atoms with van der Waals surface area (Å²) in [6.07, 6.45) is 6.67. The molecule has 0 aliphatic heterocycles. The molecule has 0 spiro atoms. The molecule has 148 valence electrons. The van der Waals surface area contributed by atoms with Crippen LogP contribution in [0, 0.1) is 6.92 Å². The van der Waals surface area contributed by atoms with E-state index in [1.807, 2.05) is 17.8 Å². The molecule has 0 radical (unpaired) electrons. The fraction of sp³-hybridized carbons (Fsp3) is 0.400. The highest BCUT2D eigenvalue weighted by Gasteiger charge is 2.13. The zero-order valence-electron chi connectivity index (χ0n) is 17.1. The van der Waals surface area contributed by atoms with Crippen LogP contribution in [0.1, 0.15) is 55.8 Å². The largest absolute Gasteiger partial charge is 0.488 e. The van der Waals surface area contributed by atoms with Crippen molar-refractivity contribution in [3.8, 4) is 5.75 Å². The van der Waals surface area contributed by atoms with E-state index >= 15 is 0 Å². The monoisotopic (exact) mass is 393 g/mol. The van der Waals surface area contributed by atoms with Crippen molar-refractivity contribution in [2.24, 2.45) is 0 Å². The number of ether oxygens (including phenoxy) is 1. The first kappa shape index (κ1) is 20.7. The maximum Gasteiger partial charge on any atom is 0.133 e. The van der Waals surface area contributed by atoms with Gasteiger partial charge in [-0.05, 0) is 36.8 Å². The summed E-state index contributed by atoms with van der Waals surface area (Å²) in [5, 5.41) is 1.10. The van der Waals surface area contributed by atoms with Crippen LogP contribution in [0.2, 0.25) is 0 Å². The topological polar surface area (TPSA) is 22.1 Å². The predicted octanol–water partition coefficient (Wildman–Crippen LogP) is 7.33. The normalized spacial score (nSPS) is 11.1. The third-order valence-corrected chi connectivity index (χ3v) is 6.09. The van der Waals surface area contributed by atoms with Crippen molar-refractivity contribution in [1.29, 1.82) is 0 Å². The summed E-state index contributed by atoms with van der Waals surface area (Å²) >= 11 is 1.99. The number of nitrogens with zero attached hydrogens (tertiary/aromatic N) is 1. The smallest absolute Gasteiger partial charge is 0.133 e. The number of fused-ring (bicyclic) bond motifs is 1. The van der Waals surface area contributed by atoms with Gasteiger partial charge >= 0.3 is 0 Å². The molecule has 0 amide bonds. The van der Waals surface area contributed by atoms with Gasteiger partial charge < -0.3 is 4.74 Å². The molecule has 0 aliphatic carbocycles. The Hall–Kier alpha value is -2.00. The summed E-state index contributed by atoms with van der Waals surface area (Å²) in [6, 6.07) is 18.7. The number of pyridine rings is 1. The number of rotatable bonds is 11. The van der Waals surface area contributed by atoms with Gasteiger partial charge in [0.15, 0.2) is 0 Å². The van der Waals surface area contributed by atoms with Crippen molar-refractivity contribution in [3.63, 3.8) is 0 Å². The van der Waals surface area contributed by atoms with Crippen LogP contribution in [0.4, 0.5) is 0 Å². The van der Waals surface area contributed by atoms with Crippen LogP contribution in [0.3, 0.4) is 0 Å². The summed E-state index contributed by atoms with van der Waals surface area (Å²) < 4.78 is 6.30. The molecular formula is C25H31NOS. The van der Waals surface area contributed by atoms with Crippen LogP contribution in [0.25, 0.3) is 10.9 Å². The van der Waals surface area contributed by atoms with E-state index in [1.54, 1.807) is 0 Å². The predicted molar refractivity (Wildman–Crippen MR) is 122 cm³/mol. The van der Waals surface area contributed by atoms with Gasteiger partial charge in [0.2, 0.25) is 0 Å². The van der Waals surface area contributed by atoms with Gasteiger partial charge in [0.1, 0.15) is 12.4 Å². The van der Waals surface area contributed by atoms with Gasteiger partial charge in [-0.2, -0.15) is 11.8 Å². The molecule has 28 heavy (non-hydrogen) atoms. The van der Waals surface area contributed by atoms with Crippen LogP contribution in [0.5, 0.6) is 5.75 Å². The first-order valence-electron chi connectivity index (χ1n) is 10.4. The quantitative estimate of drug-likeness (QED) is 0.318. The molecule has 3 aromatic rings. The highest BCUT2D eigenvalue weighted by Crippen LogP contribution is 2.32. The van der Waals surface area contributed by atoms with E-state index in [0.29, 0.717) is 6.61 Å². The molecular weight excluding hydrogens is 362 g/mol. The second kappa shape index (κ2) is 11.1. The molecule has 0 saturated heterocycles. The lowest BCUT2D eigenvalue weighted by atomic mass is 10.1. The van der Waals surface area contributed by atoms with Crippen LogP contribution >= 0.6 is 11.8 Å². The van der Waals surface area contributed by atoms with E-state index in [2.05, 4.69) is 62.4 Å². The van der Waals surface area contributed by atoms with E-state index in [-0.39, 0.29) is 0 Å². The first-order valence-corrected chi connectivity index (χ1v) is 11.6. The standard InChI is InChI=1S/C25H31NOS/c1-3-4-5-6-12-17-28-19-24-20(2)25(22-15-10-11-16-23(22)26-24)27-18-21-13-8-7-9-14-21/h7-11,13-16H,3-6,12,17-19H2,1-2H3. The van der Waals surface area contributed by atoms with Crippen molar-refractivity contribution >= 4 is 22.7 Å². The summed E-state index contributed by atoms with van der Waals surface area (Å²) in [4.78, 5) is 4.94. The van der Waals surface area contributed by atoms with Crippen LogP contribution in [-0.4, -0.2) is 10.7 Å². The number of para-hydroxylation sites is 1. The average molecular weight is 394 g/mol. The maximum atomic E-state index is 6.30. The molecule has 0 bridgehead atoms. The zero-order chi connectivity index (χ0) is 19.6. The van der Waals surface area contributed by atoms with Gasteiger partial charge in [-0.1, -0.05) is 75.1 Å². The van der Waals surface area contributed by atoms with Crippen molar-refractivity contribution in [2.45, 2.75) is 58.3 Å². The second-order valence-electron chi connectivity index (χ2n) is 7.27. The molecule has 0 N–H and O–H groups in total. The van der Waals surface area contributed by atoms with Gasteiger partial charge in [0.25, 0.3) is 0 Å². The Morgan fingerprint density at radius 2 is 1.64 bits per heavy atom. The fourth-order valence-corrected chi connectivity index (χ4v) is 4.39. The molecule has 2 aromatic carbocycles. The molecule has 0 unspecified atom stereocenters. The summed E-state index contributed by atoms with van der Waals surface area (Å²) in [7, 11) is 0. The van der Waals surface area contributed by atoms with Gasteiger partial charge in [-0.3, -0.25) is 4.98 Å². The molecule has 2 nitrogen and oxygen atoms in total. The third kappa shape index (κ3) is 5.75. The van der Waals surface area contributed by atoms with E-state index in [9.17, 15) is 0 Å². The molecule has 0 atom stereocenters. The molecule has 1 aromatic heterocycles. The molecule has 0 fully saturated rings. The SMILES string of the molecule is CCCCCCCSCc1nc2ccccc2c(OCc2ccccc2)c1C. The minimum Gasteiger partial charge on any atom is -0.488 e. The molecule has 0 aliphatic rings. The first-order chi connectivity index (χ1) is 13.8. The Bertz CT molecular complexity index is 863. The van der Waals surface area contributed by atoms with Gasteiger partial charge in [0, 0.05) is 16.7 Å². The molecule has 3 rings (SSSR count). The van der Waals surface area contributed by atoms with Crippen LogP contribution < -0.4 is 4.74 Å². The Kier molecular flexibility index (Phi) is 8.23. The zero-order valence-corrected chi connectivity index (χ0v) is 17.9. The fourth-order valence-electron chi connectivity index (χ4n) is 3.36. The number of thioether (sulfide) groups is 1. The van der Waals surface area contributed by atoms with Gasteiger partial charge in [-0.25, -0.2) is 0 Å². The minimum absolute atomic E-state index is 0.583. The van der Waals surface area contributed by atoms with Crippen LogP contribution in [0.15, 0.2) is 54.6 Å². The lowest BCUT2D eigenvalue weighted by Crippen LogP contribution is -2.02. The summed E-state index contributed by atoms with van der Waals surface area (Å²) in [6.45, 7) is 5.00. The molecule has 3 heteroatoms. The average Bonchev–Trinajstić information content (AvgIpc) is 2.73. The Morgan fingerprint density at radius 1 is 0.893 bits per heavy atom. The highest BCUT2D eigenvalue weighted by molar-refractivity contribution is 7.98. The second-order valence-corrected chi connectivity index (χ2v) is 8.38. The Morgan fingerprint density at radius 3 is 2.46 bits per heavy atom. The third-order valence-electron chi connectivity index (χ3n) is 5.03. The number of unbranched alkanes of at least 4 members (excludes halogenated alkanes) is 4. The number of aromatic nitrogens is 1. The molecule has 1 heterocycles. The van der Waals surface area contributed by atoms with Crippen molar-refractivity contribution < 1.29 is 4.74 Å². The van der Waals surface area contributed by atoms with E-state index in [0.717, 1.165) is 28.1 Å². The summed E-state index contributed by atoms with van der Waals surface area (Å²) in [5.74, 6) is 3.14. The number of hydrogen-bond donors (Lipinski definition) is 0. The van der Waals surface area contributed by atoms with Gasteiger partial charge in [0.05, 0.1) is 11.2 Å². The highest BCUT2D eigenvalue weighted by atomic mass is 32.2. The summed E-state index contributed by atoms with van der Waals surface area (Å²) in [5.41, 5.74) is 4.54. The van der Waals surface area contributed by atoms with Crippen LogP contribution in [-0.2, 0) is 12.4 Å². The van der Waals surface area contributed by atoms with Crippen molar-refractivity contribution in [1.82, 2.24) is 4.98 Å². The lowest BCUT2D eigenvalue weighted by molar-refractivity contribution is 0.307. The Labute approximate surface area is 173 Å². The lowest BCUT2D eigenvalue weighted by Gasteiger charge is -2.15. The van der Waals surface area contributed by atoms with Crippen molar-refractivity contribution in [2.75, 3.05) is 5.75 Å².